The number of morpholine rings is 1. The second-order valence-corrected chi connectivity index (χ2v) is 6.14. The van der Waals surface area contributed by atoms with Crippen LogP contribution in [0.2, 0.25) is 0 Å². The molecule has 0 radical (unpaired) electrons. The van der Waals surface area contributed by atoms with Gasteiger partial charge in [-0.15, -0.1) is 24.8 Å². The molecule has 2 heterocycles. The molecule has 1 aromatic rings. The summed E-state index contributed by atoms with van der Waals surface area (Å²) in [6.07, 6.45) is 1.22. The minimum Gasteiger partial charge on any atom is -0.379 e. The quantitative estimate of drug-likeness (QED) is 0.799. The molecule has 1 aromatic carbocycles. The van der Waals surface area contributed by atoms with Gasteiger partial charge in [0, 0.05) is 31.9 Å². The highest BCUT2D eigenvalue weighted by molar-refractivity contribution is 5.94. The Bertz CT molecular complexity index is 542. The SMILES string of the molecule is Cl.Cl.NC[C@H]1CC[C@@H](C(=O)Nc2cccc(CN3CCOCC3)c2)O1. The highest BCUT2D eigenvalue weighted by Crippen LogP contribution is 2.21. The highest BCUT2D eigenvalue weighted by Gasteiger charge is 2.29. The summed E-state index contributed by atoms with van der Waals surface area (Å²) in [5, 5.41) is 2.96. The Morgan fingerprint density at radius 1 is 1.24 bits per heavy atom. The number of halogens is 2. The molecule has 6 nitrogen and oxygen atoms in total. The molecular weight excluding hydrogens is 365 g/mol. The van der Waals surface area contributed by atoms with E-state index in [2.05, 4.69) is 16.3 Å². The van der Waals surface area contributed by atoms with Gasteiger partial charge in [0.2, 0.25) is 0 Å². The monoisotopic (exact) mass is 391 g/mol. The number of hydrogen-bond acceptors (Lipinski definition) is 5. The standard InChI is InChI=1S/C17H25N3O3.2ClH/c18-11-15-4-5-16(23-15)17(21)19-14-3-1-2-13(10-14)12-20-6-8-22-9-7-20;;/h1-3,10,15-16H,4-9,11-12,18H2,(H,19,21);2*1H/t15-,16+;;/m1../s1. The second-order valence-electron chi connectivity index (χ2n) is 6.14. The van der Waals surface area contributed by atoms with Gasteiger partial charge >= 0.3 is 0 Å². The number of carbonyl (C=O) groups excluding carboxylic acids is 1. The molecule has 0 bridgehead atoms. The number of benzene rings is 1. The van der Waals surface area contributed by atoms with Gasteiger partial charge in [-0.25, -0.2) is 0 Å². The van der Waals surface area contributed by atoms with Crippen LogP contribution in [-0.4, -0.2) is 55.9 Å². The van der Waals surface area contributed by atoms with E-state index in [9.17, 15) is 4.79 Å². The Hall–Kier alpha value is -0.890. The highest BCUT2D eigenvalue weighted by atomic mass is 35.5. The fourth-order valence-electron chi connectivity index (χ4n) is 3.06. The molecule has 0 unspecified atom stereocenters. The normalized spacial score (nSPS) is 23.4. The first-order valence-corrected chi connectivity index (χ1v) is 8.30. The molecule has 2 fully saturated rings. The molecule has 0 saturated carbocycles. The zero-order chi connectivity index (χ0) is 16.1. The van der Waals surface area contributed by atoms with Gasteiger partial charge in [0.15, 0.2) is 0 Å². The Labute approximate surface area is 161 Å². The first-order valence-electron chi connectivity index (χ1n) is 8.30. The average Bonchev–Trinajstić information content (AvgIpc) is 3.05. The third-order valence-corrected chi connectivity index (χ3v) is 4.37. The van der Waals surface area contributed by atoms with Crippen molar-refractivity contribution in [3.8, 4) is 0 Å². The lowest BCUT2D eigenvalue weighted by Crippen LogP contribution is -2.35. The molecule has 2 atom stereocenters. The molecule has 3 rings (SSSR count). The number of nitrogens with zero attached hydrogens (tertiary/aromatic N) is 1. The average molecular weight is 392 g/mol. The van der Waals surface area contributed by atoms with Gasteiger partial charge in [-0.3, -0.25) is 9.69 Å². The number of amides is 1. The van der Waals surface area contributed by atoms with Crippen LogP contribution in [0.5, 0.6) is 0 Å². The van der Waals surface area contributed by atoms with Crippen LogP contribution in [0.25, 0.3) is 0 Å². The smallest absolute Gasteiger partial charge is 0.253 e. The number of ether oxygens (including phenoxy) is 2. The van der Waals surface area contributed by atoms with E-state index >= 15 is 0 Å². The third kappa shape index (κ3) is 6.40. The molecular formula is C17H27Cl2N3O3. The molecule has 0 spiro atoms. The van der Waals surface area contributed by atoms with E-state index < -0.39 is 0 Å². The van der Waals surface area contributed by atoms with E-state index in [1.807, 2.05) is 18.2 Å². The lowest BCUT2D eigenvalue weighted by molar-refractivity contribution is -0.126. The van der Waals surface area contributed by atoms with Gasteiger partial charge in [0.25, 0.3) is 5.91 Å². The van der Waals surface area contributed by atoms with Crippen LogP contribution in [0.4, 0.5) is 5.69 Å². The Balaban J connectivity index is 0.00000156. The van der Waals surface area contributed by atoms with Crippen molar-refractivity contribution in [3.63, 3.8) is 0 Å². The predicted octanol–water partition coefficient (Wildman–Crippen LogP) is 1.81. The van der Waals surface area contributed by atoms with Crippen molar-refractivity contribution < 1.29 is 14.3 Å². The number of nitrogens with two attached hydrogens (primary N) is 1. The Morgan fingerprint density at radius 3 is 2.68 bits per heavy atom. The van der Waals surface area contributed by atoms with Crippen LogP contribution >= 0.6 is 24.8 Å². The Kier molecular flexibility index (Phi) is 9.71. The van der Waals surface area contributed by atoms with Crippen molar-refractivity contribution >= 4 is 36.4 Å². The van der Waals surface area contributed by atoms with Crippen LogP contribution in [0.3, 0.4) is 0 Å². The van der Waals surface area contributed by atoms with Crippen molar-refractivity contribution in [2.45, 2.75) is 31.6 Å². The van der Waals surface area contributed by atoms with Crippen LogP contribution in [0.1, 0.15) is 18.4 Å². The van der Waals surface area contributed by atoms with Crippen molar-refractivity contribution in [1.82, 2.24) is 4.90 Å². The van der Waals surface area contributed by atoms with Crippen LogP contribution in [0, 0.1) is 0 Å². The van der Waals surface area contributed by atoms with Crippen LogP contribution in [0.15, 0.2) is 24.3 Å². The van der Waals surface area contributed by atoms with Crippen molar-refractivity contribution in [1.29, 1.82) is 0 Å². The van der Waals surface area contributed by atoms with Crippen molar-refractivity contribution in [3.05, 3.63) is 29.8 Å². The summed E-state index contributed by atoms with van der Waals surface area (Å²) in [5.41, 5.74) is 7.60. The summed E-state index contributed by atoms with van der Waals surface area (Å²) >= 11 is 0. The topological polar surface area (TPSA) is 76.8 Å². The van der Waals surface area contributed by atoms with Crippen LogP contribution < -0.4 is 11.1 Å². The molecule has 3 N–H and O–H groups in total. The van der Waals surface area contributed by atoms with E-state index in [1.54, 1.807) is 0 Å². The fraction of sp³-hybridized carbons (Fsp3) is 0.588. The fourth-order valence-corrected chi connectivity index (χ4v) is 3.06. The molecule has 2 aliphatic rings. The maximum atomic E-state index is 12.3. The molecule has 2 saturated heterocycles. The number of carbonyl (C=O) groups is 1. The van der Waals surface area contributed by atoms with E-state index in [0.717, 1.165) is 51.4 Å². The first-order chi connectivity index (χ1) is 11.2. The predicted molar refractivity (Wildman–Crippen MR) is 103 cm³/mol. The summed E-state index contributed by atoms with van der Waals surface area (Å²) in [6.45, 7) is 4.83. The minimum atomic E-state index is -0.383. The molecule has 0 aromatic heterocycles. The second kappa shape index (κ2) is 11.0. The van der Waals surface area contributed by atoms with Gasteiger partial charge in [-0.05, 0) is 30.5 Å². The van der Waals surface area contributed by atoms with Crippen molar-refractivity contribution in [2.24, 2.45) is 5.73 Å². The summed E-state index contributed by atoms with van der Waals surface area (Å²) in [7, 11) is 0. The van der Waals surface area contributed by atoms with Crippen molar-refractivity contribution in [2.75, 3.05) is 38.2 Å². The number of anilines is 1. The largest absolute Gasteiger partial charge is 0.379 e. The maximum absolute atomic E-state index is 12.3. The van der Waals surface area contributed by atoms with Gasteiger partial charge < -0.3 is 20.5 Å². The summed E-state index contributed by atoms with van der Waals surface area (Å²) in [6, 6.07) is 8.00. The zero-order valence-electron chi connectivity index (χ0n) is 14.2. The molecule has 2 aliphatic heterocycles. The van der Waals surface area contributed by atoms with E-state index in [0.29, 0.717) is 6.54 Å². The third-order valence-electron chi connectivity index (χ3n) is 4.37. The number of rotatable bonds is 5. The molecule has 1 amide bonds. The molecule has 0 aliphatic carbocycles. The van der Waals surface area contributed by atoms with E-state index in [-0.39, 0.29) is 42.9 Å². The molecule has 25 heavy (non-hydrogen) atoms. The zero-order valence-corrected chi connectivity index (χ0v) is 15.8. The Morgan fingerprint density at radius 2 is 2.00 bits per heavy atom. The summed E-state index contributed by atoms with van der Waals surface area (Å²) in [5.74, 6) is -0.0792. The van der Waals surface area contributed by atoms with Gasteiger partial charge in [-0.2, -0.15) is 0 Å². The van der Waals surface area contributed by atoms with Crippen LogP contribution in [-0.2, 0) is 20.8 Å². The van der Waals surface area contributed by atoms with Gasteiger partial charge in [0.05, 0.1) is 19.3 Å². The lowest BCUT2D eigenvalue weighted by atomic mass is 10.1. The maximum Gasteiger partial charge on any atom is 0.253 e. The van der Waals surface area contributed by atoms with E-state index in [1.165, 1.54) is 5.56 Å². The first kappa shape index (κ1) is 22.2. The number of nitrogens with one attached hydrogen (secondary N) is 1. The molecule has 142 valence electrons. The summed E-state index contributed by atoms with van der Waals surface area (Å²) < 4.78 is 11.0. The summed E-state index contributed by atoms with van der Waals surface area (Å²) in [4.78, 5) is 14.6. The van der Waals surface area contributed by atoms with Gasteiger partial charge in [0.1, 0.15) is 6.10 Å². The minimum absolute atomic E-state index is 0. The van der Waals surface area contributed by atoms with Gasteiger partial charge in [-0.1, -0.05) is 12.1 Å². The number of hydrogen-bond donors (Lipinski definition) is 2. The van der Waals surface area contributed by atoms with E-state index in [4.69, 9.17) is 15.2 Å². The molecule has 8 heteroatoms. The lowest BCUT2D eigenvalue weighted by Gasteiger charge is -2.26.